The fourth-order valence-electron chi connectivity index (χ4n) is 3.18. The SMILES string of the molecule is CNC1CC(n2cc(-c3cccc(F)c3)nn2)CN(C(=O)OC(C)(C)C)C1. The number of rotatable bonds is 3. The number of likely N-dealkylation sites (N-methyl/N-ethyl adjacent to an activating group) is 1. The van der Waals surface area contributed by atoms with Crippen molar-refractivity contribution in [2.75, 3.05) is 20.1 Å². The standard InChI is InChI=1S/C19H26FN5O2/c1-19(2,3)27-18(26)24-10-15(21-4)9-16(11-24)25-12-17(22-23-25)13-6-5-7-14(20)8-13/h5-8,12,15-16,21H,9-11H2,1-4H3. The van der Waals surface area contributed by atoms with Gasteiger partial charge in [0.1, 0.15) is 17.1 Å². The first-order chi connectivity index (χ1) is 12.7. The zero-order valence-electron chi connectivity index (χ0n) is 16.1. The molecule has 0 radical (unpaired) electrons. The van der Waals surface area contributed by atoms with Crippen LogP contribution in [0.25, 0.3) is 11.3 Å². The minimum atomic E-state index is -0.545. The van der Waals surface area contributed by atoms with Gasteiger partial charge in [-0.2, -0.15) is 0 Å². The molecule has 1 saturated heterocycles. The predicted octanol–water partition coefficient (Wildman–Crippen LogP) is 2.85. The zero-order valence-corrected chi connectivity index (χ0v) is 16.1. The molecule has 146 valence electrons. The van der Waals surface area contributed by atoms with E-state index in [9.17, 15) is 9.18 Å². The molecule has 7 nitrogen and oxygen atoms in total. The second-order valence-corrected chi connectivity index (χ2v) is 7.85. The number of amides is 1. The number of hydrogen-bond donors (Lipinski definition) is 1. The van der Waals surface area contributed by atoms with E-state index in [4.69, 9.17) is 4.74 Å². The Hall–Kier alpha value is -2.48. The number of benzene rings is 1. The highest BCUT2D eigenvalue weighted by Gasteiger charge is 2.33. The Kier molecular flexibility index (Phi) is 5.46. The summed E-state index contributed by atoms with van der Waals surface area (Å²) < 4.78 is 20.7. The topological polar surface area (TPSA) is 72.3 Å². The van der Waals surface area contributed by atoms with Gasteiger partial charge in [0, 0.05) is 24.7 Å². The molecule has 0 spiro atoms. The molecule has 1 fully saturated rings. The Balaban J connectivity index is 1.78. The summed E-state index contributed by atoms with van der Waals surface area (Å²) in [4.78, 5) is 14.2. The maximum absolute atomic E-state index is 13.5. The molecular formula is C19H26FN5O2. The molecule has 2 heterocycles. The molecule has 1 aromatic heterocycles. The van der Waals surface area contributed by atoms with Gasteiger partial charge in [-0.05, 0) is 46.4 Å². The number of hydrogen-bond acceptors (Lipinski definition) is 5. The van der Waals surface area contributed by atoms with Crippen molar-refractivity contribution in [1.29, 1.82) is 0 Å². The summed E-state index contributed by atoms with van der Waals surface area (Å²) in [6.07, 6.45) is 2.27. The number of carbonyl (C=O) groups is 1. The lowest BCUT2D eigenvalue weighted by Crippen LogP contribution is -2.52. The van der Waals surface area contributed by atoms with E-state index in [0.29, 0.717) is 24.3 Å². The molecule has 1 amide bonds. The average molecular weight is 375 g/mol. The van der Waals surface area contributed by atoms with Gasteiger partial charge in [0.2, 0.25) is 0 Å². The molecule has 27 heavy (non-hydrogen) atoms. The predicted molar refractivity (Wildman–Crippen MR) is 99.7 cm³/mol. The summed E-state index contributed by atoms with van der Waals surface area (Å²) in [7, 11) is 1.87. The number of ether oxygens (including phenoxy) is 1. The highest BCUT2D eigenvalue weighted by atomic mass is 19.1. The largest absolute Gasteiger partial charge is 0.444 e. The fourth-order valence-corrected chi connectivity index (χ4v) is 3.18. The number of nitrogens with one attached hydrogen (secondary N) is 1. The van der Waals surface area contributed by atoms with Crippen LogP contribution in [0.2, 0.25) is 0 Å². The van der Waals surface area contributed by atoms with Crippen LogP contribution in [0.15, 0.2) is 30.5 Å². The minimum absolute atomic E-state index is 0.0430. The Morgan fingerprint density at radius 1 is 1.33 bits per heavy atom. The third kappa shape index (κ3) is 4.82. The maximum Gasteiger partial charge on any atom is 0.410 e. The van der Waals surface area contributed by atoms with E-state index in [2.05, 4.69) is 15.6 Å². The minimum Gasteiger partial charge on any atom is -0.444 e. The van der Waals surface area contributed by atoms with Crippen LogP contribution in [0.1, 0.15) is 33.2 Å². The summed E-state index contributed by atoms with van der Waals surface area (Å²) >= 11 is 0. The Morgan fingerprint density at radius 2 is 2.11 bits per heavy atom. The van der Waals surface area contributed by atoms with E-state index in [1.807, 2.05) is 27.8 Å². The van der Waals surface area contributed by atoms with Gasteiger partial charge in [0.25, 0.3) is 0 Å². The van der Waals surface area contributed by atoms with Gasteiger partial charge in [0.05, 0.1) is 12.2 Å². The molecule has 3 rings (SSSR count). The molecule has 8 heteroatoms. The van der Waals surface area contributed by atoms with E-state index >= 15 is 0 Å². The monoisotopic (exact) mass is 375 g/mol. The number of likely N-dealkylation sites (tertiary alicyclic amines) is 1. The third-order valence-corrected chi connectivity index (χ3v) is 4.49. The fraction of sp³-hybridized carbons (Fsp3) is 0.526. The average Bonchev–Trinajstić information content (AvgIpc) is 3.10. The van der Waals surface area contributed by atoms with Crippen LogP contribution >= 0.6 is 0 Å². The molecule has 1 N–H and O–H groups in total. The van der Waals surface area contributed by atoms with Crippen LogP contribution in [0.3, 0.4) is 0 Å². The molecule has 2 unspecified atom stereocenters. The van der Waals surface area contributed by atoms with Crippen LogP contribution in [-0.4, -0.2) is 57.8 Å². The van der Waals surface area contributed by atoms with Crippen molar-refractivity contribution in [1.82, 2.24) is 25.2 Å². The summed E-state index contributed by atoms with van der Waals surface area (Å²) in [5.41, 5.74) is 0.730. The molecule has 0 bridgehead atoms. The van der Waals surface area contributed by atoms with Crippen LogP contribution < -0.4 is 5.32 Å². The van der Waals surface area contributed by atoms with Crippen LogP contribution in [0.4, 0.5) is 9.18 Å². The van der Waals surface area contributed by atoms with Gasteiger partial charge >= 0.3 is 6.09 Å². The first-order valence-electron chi connectivity index (χ1n) is 9.08. The second-order valence-electron chi connectivity index (χ2n) is 7.85. The van der Waals surface area contributed by atoms with Gasteiger partial charge in [-0.15, -0.1) is 5.10 Å². The first-order valence-corrected chi connectivity index (χ1v) is 9.08. The van der Waals surface area contributed by atoms with Crippen molar-refractivity contribution >= 4 is 6.09 Å². The van der Waals surface area contributed by atoms with Gasteiger partial charge in [-0.1, -0.05) is 17.3 Å². The van der Waals surface area contributed by atoms with Crippen molar-refractivity contribution in [3.8, 4) is 11.3 Å². The summed E-state index contributed by atoms with van der Waals surface area (Å²) in [6, 6.07) is 6.34. The van der Waals surface area contributed by atoms with Gasteiger partial charge < -0.3 is 15.0 Å². The van der Waals surface area contributed by atoms with Gasteiger partial charge in [0.15, 0.2) is 0 Å². The summed E-state index contributed by atoms with van der Waals surface area (Å²) in [6.45, 7) is 6.62. The zero-order chi connectivity index (χ0) is 19.6. The second kappa shape index (κ2) is 7.64. The van der Waals surface area contributed by atoms with Crippen molar-refractivity contribution in [2.24, 2.45) is 0 Å². The van der Waals surface area contributed by atoms with Crippen molar-refractivity contribution in [3.05, 3.63) is 36.3 Å². The molecule has 2 atom stereocenters. The third-order valence-electron chi connectivity index (χ3n) is 4.49. The number of aromatic nitrogens is 3. The van der Waals surface area contributed by atoms with Gasteiger partial charge in [-0.25, -0.2) is 13.9 Å². The van der Waals surface area contributed by atoms with Crippen molar-refractivity contribution in [2.45, 2.75) is 44.9 Å². The van der Waals surface area contributed by atoms with Crippen molar-refractivity contribution in [3.63, 3.8) is 0 Å². The van der Waals surface area contributed by atoms with Crippen molar-refractivity contribution < 1.29 is 13.9 Å². The Bertz CT molecular complexity index is 801. The molecule has 0 saturated carbocycles. The van der Waals surface area contributed by atoms with E-state index in [1.165, 1.54) is 12.1 Å². The molecular weight excluding hydrogens is 349 g/mol. The van der Waals surface area contributed by atoms with Crippen LogP contribution in [0.5, 0.6) is 0 Å². The van der Waals surface area contributed by atoms with E-state index in [1.54, 1.807) is 27.9 Å². The van der Waals surface area contributed by atoms with E-state index in [-0.39, 0.29) is 24.0 Å². The molecule has 1 aromatic carbocycles. The smallest absolute Gasteiger partial charge is 0.410 e. The normalized spacial score (nSPS) is 20.6. The Morgan fingerprint density at radius 3 is 2.78 bits per heavy atom. The highest BCUT2D eigenvalue weighted by Crippen LogP contribution is 2.25. The van der Waals surface area contributed by atoms with E-state index < -0.39 is 5.60 Å². The number of nitrogens with zero attached hydrogens (tertiary/aromatic N) is 4. The molecule has 1 aliphatic rings. The lowest BCUT2D eigenvalue weighted by atomic mass is 10.0. The number of carbonyl (C=O) groups excluding carboxylic acids is 1. The molecule has 1 aliphatic heterocycles. The first kappa shape index (κ1) is 19.3. The lowest BCUT2D eigenvalue weighted by Gasteiger charge is -2.38. The summed E-state index contributed by atoms with van der Waals surface area (Å²) in [5.74, 6) is -0.314. The van der Waals surface area contributed by atoms with E-state index in [0.717, 1.165) is 6.42 Å². The maximum atomic E-state index is 13.5. The molecule has 2 aromatic rings. The van der Waals surface area contributed by atoms with Crippen LogP contribution in [0, 0.1) is 5.82 Å². The van der Waals surface area contributed by atoms with Crippen LogP contribution in [-0.2, 0) is 4.74 Å². The quantitative estimate of drug-likeness (QED) is 0.893. The number of halogens is 1. The number of piperidine rings is 1. The molecule has 0 aliphatic carbocycles. The summed E-state index contributed by atoms with van der Waals surface area (Å²) in [5, 5.41) is 11.6. The Labute approximate surface area is 158 Å². The highest BCUT2D eigenvalue weighted by molar-refractivity contribution is 5.68. The lowest BCUT2D eigenvalue weighted by molar-refractivity contribution is 0.0132. The van der Waals surface area contributed by atoms with Gasteiger partial charge in [-0.3, -0.25) is 0 Å².